The normalized spacial score (nSPS) is 18.8. The molecule has 0 aromatic heterocycles. The van der Waals surface area contributed by atoms with Crippen LogP contribution in [0.3, 0.4) is 0 Å². The summed E-state index contributed by atoms with van der Waals surface area (Å²) in [5.74, 6) is -2.99. The van der Waals surface area contributed by atoms with Gasteiger partial charge in [-0.1, -0.05) is 19.3 Å². The average Bonchev–Trinajstić information content (AvgIpc) is 2.53. The molecule has 136 valence electrons. The third-order valence-electron chi connectivity index (χ3n) is 4.13. The van der Waals surface area contributed by atoms with E-state index in [0.717, 1.165) is 19.3 Å². The van der Waals surface area contributed by atoms with Crippen molar-refractivity contribution in [3.05, 3.63) is 0 Å². The van der Waals surface area contributed by atoms with Gasteiger partial charge in [-0.25, -0.2) is 4.79 Å². The molecule has 0 spiro atoms. The van der Waals surface area contributed by atoms with Crippen LogP contribution in [0.15, 0.2) is 0 Å². The minimum Gasteiger partial charge on any atom is -0.481 e. The molecule has 0 heterocycles. The Morgan fingerprint density at radius 1 is 1.17 bits per heavy atom. The molecule has 0 aromatic rings. The minimum absolute atomic E-state index is 0.477. The second-order valence-corrected chi connectivity index (χ2v) is 6.06. The zero-order valence-electron chi connectivity index (χ0n) is 14.0. The quantitative estimate of drug-likeness (QED) is 0.446. The molecule has 9 heteroatoms. The fraction of sp³-hybridized carbons (Fsp3) is 0.733. The molecule has 2 amide bonds. The maximum Gasteiger partial charge on any atom is 0.331 e. The van der Waals surface area contributed by atoms with Gasteiger partial charge in [0.2, 0.25) is 11.8 Å². The first kappa shape index (κ1) is 19.9. The molecule has 2 atom stereocenters. The largest absolute Gasteiger partial charge is 0.481 e. The standard InChI is InChI=1S/C15H25N3O6/c1-9(17-13(22)10(16)8-11(19)20)12(21)18-15(14(23)24-2)6-4-3-5-7-15/h9-10H,3-8,16H2,1-2H3,(H,17,22)(H,18,21)(H,19,20)/t9-,10-/m0/s1. The Morgan fingerprint density at radius 3 is 2.25 bits per heavy atom. The van der Waals surface area contributed by atoms with Gasteiger partial charge in [-0.15, -0.1) is 0 Å². The maximum absolute atomic E-state index is 12.3. The van der Waals surface area contributed by atoms with Gasteiger partial charge in [-0.2, -0.15) is 0 Å². The number of carboxylic acid groups (broad SMARTS) is 1. The predicted molar refractivity (Wildman–Crippen MR) is 83.8 cm³/mol. The lowest BCUT2D eigenvalue weighted by molar-refractivity contribution is -0.153. The van der Waals surface area contributed by atoms with Crippen molar-refractivity contribution in [3.63, 3.8) is 0 Å². The van der Waals surface area contributed by atoms with Gasteiger partial charge >= 0.3 is 11.9 Å². The number of nitrogens with one attached hydrogen (secondary N) is 2. The van der Waals surface area contributed by atoms with Gasteiger partial charge in [0.05, 0.1) is 19.6 Å². The first-order chi connectivity index (χ1) is 11.2. The molecule has 0 saturated heterocycles. The van der Waals surface area contributed by atoms with Gasteiger partial charge in [0.15, 0.2) is 0 Å². The second-order valence-electron chi connectivity index (χ2n) is 6.06. The molecule has 9 nitrogen and oxygen atoms in total. The van der Waals surface area contributed by atoms with E-state index in [1.54, 1.807) is 0 Å². The van der Waals surface area contributed by atoms with Crippen LogP contribution in [0.5, 0.6) is 0 Å². The van der Waals surface area contributed by atoms with Crippen LogP contribution in [0.2, 0.25) is 0 Å². The van der Waals surface area contributed by atoms with Gasteiger partial charge in [0.1, 0.15) is 11.6 Å². The highest BCUT2D eigenvalue weighted by Crippen LogP contribution is 2.29. The molecule has 1 fully saturated rings. The Hall–Kier alpha value is -2.16. The zero-order chi connectivity index (χ0) is 18.3. The lowest BCUT2D eigenvalue weighted by Crippen LogP contribution is -2.60. The maximum atomic E-state index is 12.3. The molecule has 0 aromatic carbocycles. The van der Waals surface area contributed by atoms with Crippen molar-refractivity contribution in [2.75, 3.05) is 7.11 Å². The Kier molecular flexibility index (Phi) is 7.15. The van der Waals surface area contributed by atoms with Crippen LogP contribution < -0.4 is 16.4 Å². The molecule has 24 heavy (non-hydrogen) atoms. The highest BCUT2D eigenvalue weighted by atomic mass is 16.5. The molecule has 1 aliphatic rings. The van der Waals surface area contributed by atoms with E-state index in [1.807, 2.05) is 0 Å². The number of carbonyl (C=O) groups is 4. The summed E-state index contributed by atoms with van der Waals surface area (Å²) in [7, 11) is 1.26. The number of amides is 2. The molecule has 0 bridgehead atoms. The van der Waals surface area contributed by atoms with E-state index in [-0.39, 0.29) is 0 Å². The summed E-state index contributed by atoms with van der Waals surface area (Å²) in [5, 5.41) is 13.7. The van der Waals surface area contributed by atoms with Crippen LogP contribution in [-0.4, -0.2) is 53.6 Å². The van der Waals surface area contributed by atoms with Crippen molar-refractivity contribution >= 4 is 23.8 Å². The van der Waals surface area contributed by atoms with E-state index in [4.69, 9.17) is 15.6 Å². The van der Waals surface area contributed by atoms with Gasteiger partial charge in [0.25, 0.3) is 0 Å². The summed E-state index contributed by atoms with van der Waals surface area (Å²) in [6, 6.07) is -2.21. The highest BCUT2D eigenvalue weighted by molar-refractivity contribution is 5.94. The Labute approximate surface area is 140 Å². The Balaban J connectivity index is 2.68. The number of ether oxygens (including phenoxy) is 1. The van der Waals surface area contributed by atoms with Crippen molar-refractivity contribution in [2.45, 2.75) is 63.1 Å². The molecule has 0 unspecified atom stereocenters. The Bertz CT molecular complexity index is 501. The Morgan fingerprint density at radius 2 is 1.75 bits per heavy atom. The van der Waals surface area contributed by atoms with E-state index in [9.17, 15) is 19.2 Å². The van der Waals surface area contributed by atoms with E-state index in [0.29, 0.717) is 12.8 Å². The van der Waals surface area contributed by atoms with Crippen LogP contribution in [-0.2, 0) is 23.9 Å². The number of carboxylic acids is 1. The molecule has 1 aliphatic carbocycles. The number of esters is 1. The molecular weight excluding hydrogens is 318 g/mol. The van der Waals surface area contributed by atoms with Crippen LogP contribution in [0.25, 0.3) is 0 Å². The number of nitrogens with two attached hydrogens (primary N) is 1. The summed E-state index contributed by atoms with van der Waals surface area (Å²) in [5.41, 5.74) is 4.37. The average molecular weight is 343 g/mol. The molecular formula is C15H25N3O6. The van der Waals surface area contributed by atoms with E-state index >= 15 is 0 Å². The third kappa shape index (κ3) is 5.19. The van der Waals surface area contributed by atoms with Crippen LogP contribution in [0.4, 0.5) is 0 Å². The number of aliphatic carboxylic acids is 1. The minimum atomic E-state index is -1.25. The number of hydrogen-bond acceptors (Lipinski definition) is 6. The lowest BCUT2D eigenvalue weighted by Gasteiger charge is -2.36. The van der Waals surface area contributed by atoms with Crippen molar-refractivity contribution in [1.82, 2.24) is 10.6 Å². The number of rotatable bonds is 7. The number of carbonyl (C=O) groups excluding carboxylic acids is 3. The highest BCUT2D eigenvalue weighted by Gasteiger charge is 2.42. The summed E-state index contributed by atoms with van der Waals surface area (Å²) >= 11 is 0. The summed E-state index contributed by atoms with van der Waals surface area (Å²) < 4.78 is 4.81. The summed E-state index contributed by atoms with van der Waals surface area (Å²) in [6.45, 7) is 1.44. The molecule has 1 saturated carbocycles. The number of methoxy groups -OCH3 is 1. The van der Waals surface area contributed by atoms with Crippen molar-refractivity contribution < 1.29 is 29.0 Å². The molecule has 5 N–H and O–H groups in total. The van der Waals surface area contributed by atoms with Crippen LogP contribution in [0, 0.1) is 0 Å². The SMILES string of the molecule is COC(=O)C1(NC(=O)[C@H](C)NC(=O)[C@@H](N)CC(=O)O)CCCCC1. The van der Waals surface area contributed by atoms with Gasteiger partial charge in [-0.3, -0.25) is 14.4 Å². The van der Waals surface area contributed by atoms with E-state index < -0.39 is 47.8 Å². The summed E-state index contributed by atoms with van der Waals surface area (Å²) in [4.78, 5) is 46.8. The monoisotopic (exact) mass is 343 g/mol. The first-order valence-electron chi connectivity index (χ1n) is 7.90. The van der Waals surface area contributed by atoms with E-state index in [1.165, 1.54) is 14.0 Å². The van der Waals surface area contributed by atoms with Gasteiger partial charge in [-0.05, 0) is 19.8 Å². The topological polar surface area (TPSA) is 148 Å². The van der Waals surface area contributed by atoms with Crippen molar-refractivity contribution in [1.29, 1.82) is 0 Å². The predicted octanol–water partition coefficient (Wildman–Crippen LogP) is -0.715. The third-order valence-corrected chi connectivity index (χ3v) is 4.13. The van der Waals surface area contributed by atoms with Crippen LogP contribution >= 0.6 is 0 Å². The fourth-order valence-corrected chi connectivity index (χ4v) is 2.74. The molecule has 0 aliphatic heterocycles. The molecule has 1 rings (SSSR count). The van der Waals surface area contributed by atoms with Gasteiger partial charge in [0, 0.05) is 0 Å². The van der Waals surface area contributed by atoms with Crippen molar-refractivity contribution in [3.8, 4) is 0 Å². The van der Waals surface area contributed by atoms with E-state index in [2.05, 4.69) is 10.6 Å². The number of hydrogen-bond donors (Lipinski definition) is 4. The lowest BCUT2D eigenvalue weighted by atomic mass is 9.81. The van der Waals surface area contributed by atoms with Crippen LogP contribution in [0.1, 0.15) is 45.4 Å². The van der Waals surface area contributed by atoms with Gasteiger partial charge < -0.3 is 26.2 Å². The summed E-state index contributed by atoms with van der Waals surface area (Å²) in [6.07, 6.45) is 2.98. The zero-order valence-corrected chi connectivity index (χ0v) is 14.0. The fourth-order valence-electron chi connectivity index (χ4n) is 2.74. The second kappa shape index (κ2) is 8.62. The smallest absolute Gasteiger partial charge is 0.331 e. The van der Waals surface area contributed by atoms with Crippen molar-refractivity contribution in [2.24, 2.45) is 5.73 Å². The molecule has 0 radical (unpaired) electrons. The first-order valence-corrected chi connectivity index (χ1v) is 7.90.